The fourth-order valence-corrected chi connectivity index (χ4v) is 4.24. The van der Waals surface area contributed by atoms with Crippen LogP contribution in [0, 0.1) is 17.5 Å². The number of aromatic nitrogens is 1. The number of halogens is 3. The number of carbonyl (C=O) groups excluding carboxylic acids is 1. The van der Waals surface area contributed by atoms with E-state index in [1.807, 2.05) is 0 Å². The molecule has 2 aromatic carbocycles. The van der Waals surface area contributed by atoms with Crippen LogP contribution in [0.15, 0.2) is 36.4 Å². The average Bonchev–Trinajstić information content (AvgIpc) is 3.31. The fourth-order valence-electron chi connectivity index (χ4n) is 3.21. The Morgan fingerprint density at radius 3 is 2.68 bits per heavy atom. The molecule has 0 N–H and O–H groups in total. The molecule has 4 nitrogen and oxygen atoms in total. The molecule has 146 valence electrons. The Kier molecular flexibility index (Phi) is 5.32. The number of hydrogen-bond acceptors (Lipinski definition) is 4. The Hall–Kier alpha value is -2.45. The van der Waals surface area contributed by atoms with Crippen molar-refractivity contribution in [2.75, 3.05) is 18.1 Å². The summed E-state index contributed by atoms with van der Waals surface area (Å²) in [5.74, 6) is -2.10. The molecule has 1 fully saturated rings. The van der Waals surface area contributed by atoms with Crippen molar-refractivity contribution in [2.24, 2.45) is 0 Å². The molecule has 1 aliphatic heterocycles. The van der Waals surface area contributed by atoms with Crippen molar-refractivity contribution in [1.29, 1.82) is 0 Å². The van der Waals surface area contributed by atoms with Crippen molar-refractivity contribution in [3.8, 4) is 0 Å². The van der Waals surface area contributed by atoms with Gasteiger partial charge in [0.1, 0.15) is 17.2 Å². The molecule has 0 radical (unpaired) electrons. The SMILES string of the molecule is O=C(Cc1ccc(F)cc1)N(CC1CCCO1)c1nc2c(F)cc(F)cc2s1. The Bertz CT molecular complexity index is 1000. The number of hydrogen-bond donors (Lipinski definition) is 0. The molecule has 4 rings (SSSR count). The van der Waals surface area contributed by atoms with Crippen LogP contribution in [-0.2, 0) is 16.0 Å². The second kappa shape index (κ2) is 7.89. The number of nitrogens with zero attached hydrogens (tertiary/aromatic N) is 2. The van der Waals surface area contributed by atoms with Gasteiger partial charge in [-0.2, -0.15) is 0 Å². The van der Waals surface area contributed by atoms with E-state index in [0.717, 1.165) is 30.2 Å². The van der Waals surface area contributed by atoms with E-state index in [1.165, 1.54) is 23.1 Å². The van der Waals surface area contributed by atoms with Gasteiger partial charge in [0.25, 0.3) is 0 Å². The van der Waals surface area contributed by atoms with E-state index in [9.17, 15) is 18.0 Å². The molecule has 0 bridgehead atoms. The number of thiazole rings is 1. The summed E-state index contributed by atoms with van der Waals surface area (Å²) in [7, 11) is 0. The zero-order chi connectivity index (χ0) is 19.7. The highest BCUT2D eigenvalue weighted by molar-refractivity contribution is 7.22. The van der Waals surface area contributed by atoms with Crippen molar-refractivity contribution in [3.63, 3.8) is 0 Å². The number of carbonyl (C=O) groups is 1. The second-order valence-electron chi connectivity index (χ2n) is 6.67. The van der Waals surface area contributed by atoms with Crippen molar-refractivity contribution >= 4 is 32.6 Å². The zero-order valence-electron chi connectivity index (χ0n) is 14.8. The van der Waals surface area contributed by atoms with Gasteiger partial charge in [-0.3, -0.25) is 9.69 Å². The maximum absolute atomic E-state index is 14.1. The third-order valence-electron chi connectivity index (χ3n) is 4.61. The van der Waals surface area contributed by atoms with Gasteiger partial charge >= 0.3 is 0 Å². The minimum absolute atomic E-state index is 0.0355. The van der Waals surface area contributed by atoms with Gasteiger partial charge in [0.15, 0.2) is 10.9 Å². The lowest BCUT2D eigenvalue weighted by molar-refractivity contribution is -0.118. The Balaban J connectivity index is 1.65. The van der Waals surface area contributed by atoms with E-state index in [0.29, 0.717) is 22.0 Å². The maximum Gasteiger partial charge on any atom is 0.233 e. The number of ether oxygens (including phenoxy) is 1. The first-order valence-corrected chi connectivity index (χ1v) is 9.73. The number of rotatable bonds is 5. The van der Waals surface area contributed by atoms with Crippen LogP contribution < -0.4 is 4.90 Å². The van der Waals surface area contributed by atoms with E-state index in [-0.39, 0.29) is 36.3 Å². The lowest BCUT2D eigenvalue weighted by Crippen LogP contribution is -2.38. The van der Waals surface area contributed by atoms with Crippen molar-refractivity contribution in [1.82, 2.24) is 4.98 Å². The molecular formula is C20H17F3N2O2S. The molecule has 0 spiro atoms. The first-order valence-electron chi connectivity index (χ1n) is 8.91. The first kappa shape index (κ1) is 18.9. The summed E-state index contributed by atoms with van der Waals surface area (Å²) >= 11 is 1.06. The monoisotopic (exact) mass is 406 g/mol. The Labute approximate surface area is 163 Å². The quantitative estimate of drug-likeness (QED) is 0.628. The molecule has 1 aromatic heterocycles. The van der Waals surface area contributed by atoms with Crippen LogP contribution in [-0.4, -0.2) is 30.1 Å². The van der Waals surface area contributed by atoms with Crippen LogP contribution in [0.5, 0.6) is 0 Å². The van der Waals surface area contributed by atoms with E-state index in [1.54, 1.807) is 12.1 Å². The van der Waals surface area contributed by atoms with Gasteiger partial charge in [0, 0.05) is 12.7 Å². The summed E-state index contributed by atoms with van der Waals surface area (Å²) in [4.78, 5) is 18.7. The molecule has 1 atom stereocenters. The van der Waals surface area contributed by atoms with Gasteiger partial charge in [-0.15, -0.1) is 0 Å². The zero-order valence-corrected chi connectivity index (χ0v) is 15.6. The van der Waals surface area contributed by atoms with Crippen molar-refractivity contribution < 1.29 is 22.7 Å². The summed E-state index contributed by atoms with van der Waals surface area (Å²) in [6.07, 6.45) is 1.63. The number of fused-ring (bicyclic) bond motifs is 1. The molecule has 1 unspecified atom stereocenters. The minimum atomic E-state index is -0.763. The smallest absolute Gasteiger partial charge is 0.233 e. The normalized spacial score (nSPS) is 16.6. The molecule has 1 amide bonds. The van der Waals surface area contributed by atoms with E-state index < -0.39 is 11.6 Å². The van der Waals surface area contributed by atoms with Crippen LogP contribution in [0.1, 0.15) is 18.4 Å². The lowest BCUT2D eigenvalue weighted by Gasteiger charge is -2.23. The van der Waals surface area contributed by atoms with Crippen molar-refractivity contribution in [2.45, 2.75) is 25.4 Å². The second-order valence-corrected chi connectivity index (χ2v) is 7.68. The highest BCUT2D eigenvalue weighted by Gasteiger charge is 2.27. The number of anilines is 1. The lowest BCUT2D eigenvalue weighted by atomic mass is 10.1. The van der Waals surface area contributed by atoms with Crippen LogP contribution in [0.25, 0.3) is 10.2 Å². The number of amides is 1. The van der Waals surface area contributed by atoms with E-state index in [2.05, 4.69) is 4.98 Å². The Morgan fingerprint density at radius 2 is 1.96 bits per heavy atom. The number of benzene rings is 2. The van der Waals surface area contributed by atoms with Gasteiger partial charge in [-0.1, -0.05) is 23.5 Å². The van der Waals surface area contributed by atoms with E-state index in [4.69, 9.17) is 4.74 Å². The van der Waals surface area contributed by atoms with Crippen LogP contribution >= 0.6 is 11.3 Å². The summed E-state index contributed by atoms with van der Waals surface area (Å²) in [6.45, 7) is 0.911. The summed E-state index contributed by atoms with van der Waals surface area (Å²) in [5, 5.41) is 0.294. The van der Waals surface area contributed by atoms with Crippen LogP contribution in [0.4, 0.5) is 18.3 Å². The predicted molar refractivity (Wildman–Crippen MR) is 101 cm³/mol. The minimum Gasteiger partial charge on any atom is -0.376 e. The predicted octanol–water partition coefficient (Wildman–Crippen LogP) is 4.47. The summed E-state index contributed by atoms with van der Waals surface area (Å²) in [6, 6.07) is 7.66. The average molecular weight is 406 g/mol. The molecule has 0 aliphatic carbocycles. The third kappa shape index (κ3) is 4.02. The summed E-state index contributed by atoms with van der Waals surface area (Å²) in [5.41, 5.74) is 0.690. The third-order valence-corrected chi connectivity index (χ3v) is 5.64. The molecular weight excluding hydrogens is 389 g/mol. The molecule has 0 saturated carbocycles. The standard InChI is InChI=1S/C20H17F3N2O2S/c21-13-5-3-12(4-6-13)8-18(26)25(11-15-2-1-7-27-15)20-24-19-16(23)9-14(22)10-17(19)28-20/h3-6,9-10,15H,1-2,7-8,11H2. The topological polar surface area (TPSA) is 42.4 Å². The van der Waals surface area contributed by atoms with Gasteiger partial charge in [-0.25, -0.2) is 18.2 Å². The summed E-state index contributed by atoms with van der Waals surface area (Å²) < 4.78 is 46.7. The molecule has 28 heavy (non-hydrogen) atoms. The highest BCUT2D eigenvalue weighted by atomic mass is 32.1. The Morgan fingerprint density at radius 1 is 1.18 bits per heavy atom. The van der Waals surface area contributed by atoms with E-state index >= 15 is 0 Å². The fraction of sp³-hybridized carbons (Fsp3) is 0.300. The van der Waals surface area contributed by atoms with Crippen LogP contribution in [0.3, 0.4) is 0 Å². The molecule has 2 heterocycles. The highest BCUT2D eigenvalue weighted by Crippen LogP contribution is 2.32. The van der Waals surface area contributed by atoms with Gasteiger partial charge in [0.05, 0.1) is 23.8 Å². The van der Waals surface area contributed by atoms with Gasteiger partial charge in [0.2, 0.25) is 5.91 Å². The molecule has 8 heteroatoms. The van der Waals surface area contributed by atoms with Gasteiger partial charge < -0.3 is 4.74 Å². The maximum atomic E-state index is 14.1. The molecule has 3 aromatic rings. The first-order chi connectivity index (χ1) is 13.5. The molecule has 1 saturated heterocycles. The molecule has 1 aliphatic rings. The van der Waals surface area contributed by atoms with Crippen molar-refractivity contribution in [3.05, 3.63) is 59.4 Å². The van der Waals surface area contributed by atoms with Gasteiger partial charge in [-0.05, 0) is 36.6 Å². The van der Waals surface area contributed by atoms with Crippen LogP contribution in [0.2, 0.25) is 0 Å². The largest absolute Gasteiger partial charge is 0.376 e.